The molecule has 5 heteroatoms. The molecule has 1 unspecified atom stereocenters. The molecular formula is C25H34N4O. The van der Waals surface area contributed by atoms with Crippen LogP contribution in [-0.4, -0.2) is 61.5 Å². The monoisotopic (exact) mass is 406 g/mol. The highest BCUT2D eigenvalue weighted by Crippen LogP contribution is 2.42. The van der Waals surface area contributed by atoms with Gasteiger partial charge in [-0.3, -0.25) is 4.79 Å². The van der Waals surface area contributed by atoms with E-state index in [1.54, 1.807) is 0 Å². The van der Waals surface area contributed by atoms with Gasteiger partial charge < -0.3 is 14.7 Å². The molecule has 2 aliphatic heterocycles. The first-order chi connectivity index (χ1) is 14.5. The van der Waals surface area contributed by atoms with Crippen molar-refractivity contribution in [3.63, 3.8) is 0 Å². The van der Waals surface area contributed by atoms with Gasteiger partial charge in [0.05, 0.1) is 11.5 Å². The fourth-order valence-electron chi connectivity index (χ4n) is 5.05. The smallest absolute Gasteiger partial charge is 0.229 e. The number of hydrogen-bond acceptors (Lipinski definition) is 4. The zero-order chi connectivity index (χ0) is 21.1. The summed E-state index contributed by atoms with van der Waals surface area (Å²) in [5, 5.41) is 0. The van der Waals surface area contributed by atoms with Crippen LogP contribution in [0, 0.1) is 5.41 Å². The maximum absolute atomic E-state index is 14.1. The van der Waals surface area contributed by atoms with E-state index in [0.29, 0.717) is 5.91 Å². The third-order valence-electron chi connectivity index (χ3n) is 6.91. The number of piperidine rings is 1. The fraction of sp³-hybridized carbons (Fsp3) is 0.520. The normalized spacial score (nSPS) is 21.6. The molecule has 2 saturated heterocycles. The summed E-state index contributed by atoms with van der Waals surface area (Å²) in [6, 6.07) is 14.9. The Morgan fingerprint density at radius 2 is 1.87 bits per heavy atom. The Kier molecular flexibility index (Phi) is 6.09. The quantitative estimate of drug-likeness (QED) is 0.758. The molecule has 3 heterocycles. The summed E-state index contributed by atoms with van der Waals surface area (Å²) < 4.78 is 0. The number of likely N-dealkylation sites (tertiary alicyclic amines) is 2. The molecule has 2 aromatic rings. The predicted molar refractivity (Wildman–Crippen MR) is 122 cm³/mol. The van der Waals surface area contributed by atoms with E-state index in [-0.39, 0.29) is 11.5 Å². The summed E-state index contributed by atoms with van der Waals surface area (Å²) in [4.78, 5) is 25.1. The Bertz CT molecular complexity index is 858. The second kappa shape index (κ2) is 8.76. The zero-order valence-electron chi connectivity index (χ0n) is 18.6. The van der Waals surface area contributed by atoms with Crippen LogP contribution >= 0.6 is 0 Å². The average molecular weight is 407 g/mol. The van der Waals surface area contributed by atoms with E-state index >= 15 is 0 Å². The first kappa shape index (κ1) is 20.9. The number of aromatic nitrogens is 1. The average Bonchev–Trinajstić information content (AvgIpc) is 3.25. The topological polar surface area (TPSA) is 39.7 Å². The lowest BCUT2D eigenvalue weighted by molar-refractivity contribution is -0.146. The maximum Gasteiger partial charge on any atom is 0.229 e. The number of carbonyl (C=O) groups excluding carboxylic acids is 1. The van der Waals surface area contributed by atoms with Crippen LogP contribution in [0.3, 0.4) is 0 Å². The Morgan fingerprint density at radius 3 is 2.57 bits per heavy atom. The van der Waals surface area contributed by atoms with Crippen molar-refractivity contribution >= 4 is 11.7 Å². The molecule has 0 spiro atoms. The van der Waals surface area contributed by atoms with Crippen LogP contribution in [0.4, 0.5) is 5.82 Å². The lowest BCUT2D eigenvalue weighted by atomic mass is 9.72. The van der Waals surface area contributed by atoms with Gasteiger partial charge in [-0.2, -0.15) is 0 Å². The van der Waals surface area contributed by atoms with Gasteiger partial charge in [0.1, 0.15) is 5.82 Å². The highest BCUT2D eigenvalue weighted by Gasteiger charge is 2.45. The molecule has 4 rings (SSSR count). The number of nitrogens with zero attached hydrogens (tertiary/aromatic N) is 4. The van der Waals surface area contributed by atoms with Crippen molar-refractivity contribution in [1.82, 2.24) is 14.8 Å². The van der Waals surface area contributed by atoms with E-state index in [2.05, 4.69) is 64.3 Å². The fourth-order valence-corrected chi connectivity index (χ4v) is 5.05. The van der Waals surface area contributed by atoms with Crippen molar-refractivity contribution in [3.8, 4) is 0 Å². The molecule has 5 nitrogen and oxygen atoms in total. The van der Waals surface area contributed by atoms with Crippen LogP contribution in [0.5, 0.6) is 0 Å². The second-order valence-corrected chi connectivity index (χ2v) is 9.24. The molecule has 2 aliphatic rings. The first-order valence-corrected chi connectivity index (χ1v) is 11.2. The molecule has 1 amide bonds. The molecule has 160 valence electrons. The number of hydrogen-bond donors (Lipinski definition) is 0. The summed E-state index contributed by atoms with van der Waals surface area (Å²) in [7, 11) is 6.18. The number of carbonyl (C=O) groups is 1. The lowest BCUT2D eigenvalue weighted by Gasteiger charge is -2.43. The molecule has 0 radical (unpaired) electrons. The highest BCUT2D eigenvalue weighted by molar-refractivity contribution is 5.84. The van der Waals surface area contributed by atoms with Gasteiger partial charge in [0.15, 0.2) is 0 Å². The highest BCUT2D eigenvalue weighted by atomic mass is 16.2. The summed E-state index contributed by atoms with van der Waals surface area (Å²) >= 11 is 0. The summed E-state index contributed by atoms with van der Waals surface area (Å²) in [6.45, 7) is 2.82. The number of pyridine rings is 1. The Labute approximate surface area is 180 Å². The van der Waals surface area contributed by atoms with Gasteiger partial charge in [0.2, 0.25) is 5.91 Å². The van der Waals surface area contributed by atoms with E-state index in [4.69, 9.17) is 0 Å². The van der Waals surface area contributed by atoms with E-state index in [0.717, 1.165) is 57.6 Å². The largest absolute Gasteiger partial charge is 0.363 e. The van der Waals surface area contributed by atoms with Crippen LogP contribution in [0.15, 0.2) is 48.7 Å². The van der Waals surface area contributed by atoms with Gasteiger partial charge in [-0.1, -0.05) is 30.3 Å². The van der Waals surface area contributed by atoms with Crippen LogP contribution in [0.2, 0.25) is 0 Å². The zero-order valence-corrected chi connectivity index (χ0v) is 18.6. The van der Waals surface area contributed by atoms with E-state index in [9.17, 15) is 4.79 Å². The number of benzene rings is 1. The second-order valence-electron chi connectivity index (χ2n) is 9.24. The SMILES string of the molecule is CN1CCC(Cc2ccccc2)(C(=O)N2CCCC2c2ccnc(N(C)C)c2)CC1. The van der Waals surface area contributed by atoms with E-state index in [1.165, 1.54) is 11.1 Å². The van der Waals surface area contributed by atoms with Gasteiger partial charge in [-0.15, -0.1) is 0 Å². The van der Waals surface area contributed by atoms with Crippen molar-refractivity contribution in [2.45, 2.75) is 38.1 Å². The number of anilines is 1. The summed E-state index contributed by atoms with van der Waals surface area (Å²) in [5.41, 5.74) is 2.18. The third kappa shape index (κ3) is 4.22. The molecule has 0 N–H and O–H groups in total. The summed E-state index contributed by atoms with van der Waals surface area (Å²) in [6.07, 6.45) is 6.67. The maximum atomic E-state index is 14.1. The van der Waals surface area contributed by atoms with E-state index in [1.807, 2.05) is 25.2 Å². The van der Waals surface area contributed by atoms with Gasteiger partial charge in [0.25, 0.3) is 0 Å². The minimum atomic E-state index is -0.298. The van der Waals surface area contributed by atoms with Crippen molar-refractivity contribution in [2.75, 3.05) is 45.7 Å². The van der Waals surface area contributed by atoms with Gasteiger partial charge in [0, 0.05) is 26.8 Å². The van der Waals surface area contributed by atoms with Crippen LogP contribution in [-0.2, 0) is 11.2 Å². The molecule has 1 aromatic carbocycles. The Morgan fingerprint density at radius 1 is 1.13 bits per heavy atom. The molecule has 30 heavy (non-hydrogen) atoms. The Hall–Kier alpha value is -2.40. The predicted octanol–water partition coefficient (Wildman–Crippen LogP) is 3.77. The van der Waals surface area contributed by atoms with E-state index < -0.39 is 0 Å². The van der Waals surface area contributed by atoms with Crippen molar-refractivity contribution in [3.05, 3.63) is 59.8 Å². The van der Waals surface area contributed by atoms with Gasteiger partial charge in [-0.25, -0.2) is 4.98 Å². The molecule has 2 fully saturated rings. The molecule has 0 saturated carbocycles. The first-order valence-electron chi connectivity index (χ1n) is 11.2. The molecule has 0 bridgehead atoms. The van der Waals surface area contributed by atoms with Gasteiger partial charge in [-0.05, 0) is 75.5 Å². The minimum Gasteiger partial charge on any atom is -0.363 e. The standard InChI is InChI=1S/C25H34N4O/c1-27(2)23-18-21(11-14-26-23)22-10-7-15-29(22)24(30)25(12-16-28(3)17-13-25)19-20-8-5-4-6-9-20/h4-6,8-9,11,14,18,22H,7,10,12-13,15-17,19H2,1-3H3. The van der Waals surface area contributed by atoms with Crippen molar-refractivity contribution < 1.29 is 4.79 Å². The third-order valence-corrected chi connectivity index (χ3v) is 6.91. The number of amides is 1. The molecular weight excluding hydrogens is 372 g/mol. The van der Waals surface area contributed by atoms with Crippen LogP contribution < -0.4 is 4.90 Å². The minimum absolute atomic E-state index is 0.159. The van der Waals surface area contributed by atoms with Crippen LogP contribution in [0.1, 0.15) is 42.9 Å². The lowest BCUT2D eigenvalue weighted by Crippen LogP contribution is -2.50. The number of rotatable bonds is 5. The molecule has 1 atom stereocenters. The summed E-state index contributed by atoms with van der Waals surface area (Å²) in [5.74, 6) is 1.30. The molecule has 1 aromatic heterocycles. The van der Waals surface area contributed by atoms with Crippen molar-refractivity contribution in [1.29, 1.82) is 0 Å². The molecule has 0 aliphatic carbocycles. The Balaban J connectivity index is 1.62. The van der Waals surface area contributed by atoms with Gasteiger partial charge >= 0.3 is 0 Å². The van der Waals surface area contributed by atoms with Crippen molar-refractivity contribution in [2.24, 2.45) is 5.41 Å². The van der Waals surface area contributed by atoms with Crippen LogP contribution in [0.25, 0.3) is 0 Å².